The molecule has 0 fully saturated rings. The predicted molar refractivity (Wildman–Crippen MR) is 73.1 cm³/mol. The van der Waals surface area contributed by atoms with Crippen LogP contribution in [-0.4, -0.2) is 9.78 Å². The lowest BCUT2D eigenvalue weighted by molar-refractivity contribution is 0.638. The summed E-state index contributed by atoms with van der Waals surface area (Å²) in [6, 6.07) is 12.1. The van der Waals surface area contributed by atoms with Crippen LogP contribution in [-0.2, 0) is 7.05 Å². The number of hydrogen-bond acceptors (Lipinski definition) is 2. The van der Waals surface area contributed by atoms with Gasteiger partial charge in [0.2, 0.25) is 0 Å². The molecule has 0 amide bonds. The van der Waals surface area contributed by atoms with Gasteiger partial charge in [0.1, 0.15) is 5.82 Å². The van der Waals surface area contributed by atoms with Crippen LogP contribution in [0, 0.1) is 5.82 Å². The molecule has 1 aromatic heterocycles. The van der Waals surface area contributed by atoms with E-state index in [2.05, 4.69) is 5.10 Å². The summed E-state index contributed by atoms with van der Waals surface area (Å²) in [7, 11) is 1.85. The van der Waals surface area contributed by atoms with E-state index >= 15 is 0 Å². The fourth-order valence-electron chi connectivity index (χ4n) is 2.32. The van der Waals surface area contributed by atoms with E-state index in [0.29, 0.717) is 5.39 Å². The predicted octanol–water partition coefficient (Wildman–Crippen LogP) is 2.76. The highest BCUT2D eigenvalue weighted by molar-refractivity contribution is 5.87. The lowest BCUT2D eigenvalue weighted by atomic mass is 9.97. The Kier molecular flexibility index (Phi) is 2.80. The molecule has 1 heterocycles. The average molecular weight is 255 g/mol. The maximum Gasteiger partial charge on any atom is 0.131 e. The minimum atomic E-state index is -0.355. The second-order valence-corrected chi connectivity index (χ2v) is 4.57. The summed E-state index contributed by atoms with van der Waals surface area (Å²) in [6.07, 6.45) is 1.85. The summed E-state index contributed by atoms with van der Waals surface area (Å²) in [4.78, 5) is 0. The van der Waals surface area contributed by atoms with Gasteiger partial charge < -0.3 is 5.73 Å². The number of nitrogens with two attached hydrogens (primary N) is 1. The average Bonchev–Trinajstić information content (AvgIpc) is 2.86. The van der Waals surface area contributed by atoms with Crippen molar-refractivity contribution >= 4 is 10.8 Å². The van der Waals surface area contributed by atoms with Crippen LogP contribution in [0.4, 0.5) is 4.39 Å². The van der Waals surface area contributed by atoms with Crippen molar-refractivity contribution in [3.05, 3.63) is 65.7 Å². The first-order chi connectivity index (χ1) is 9.16. The summed E-state index contributed by atoms with van der Waals surface area (Å²) < 4.78 is 15.5. The van der Waals surface area contributed by atoms with Gasteiger partial charge in [-0.2, -0.15) is 5.10 Å². The normalized spacial score (nSPS) is 12.8. The summed E-state index contributed by atoms with van der Waals surface area (Å²) in [6.45, 7) is 0. The molecule has 0 aliphatic rings. The van der Waals surface area contributed by atoms with Gasteiger partial charge in [-0.05, 0) is 23.1 Å². The summed E-state index contributed by atoms with van der Waals surface area (Å²) >= 11 is 0. The van der Waals surface area contributed by atoms with E-state index in [4.69, 9.17) is 5.73 Å². The number of fused-ring (bicyclic) bond motifs is 1. The van der Waals surface area contributed by atoms with Crippen molar-refractivity contribution in [2.75, 3.05) is 0 Å². The maximum absolute atomic E-state index is 13.8. The van der Waals surface area contributed by atoms with Gasteiger partial charge in [0.15, 0.2) is 0 Å². The van der Waals surface area contributed by atoms with Crippen LogP contribution >= 0.6 is 0 Å². The Labute approximate surface area is 110 Å². The van der Waals surface area contributed by atoms with Gasteiger partial charge in [0.25, 0.3) is 0 Å². The molecule has 0 aliphatic heterocycles. The first-order valence-corrected chi connectivity index (χ1v) is 6.09. The Bertz CT molecular complexity index is 733. The monoisotopic (exact) mass is 255 g/mol. The van der Waals surface area contributed by atoms with E-state index < -0.39 is 0 Å². The minimum absolute atomic E-state index is 0.229. The molecule has 1 unspecified atom stereocenters. The molecule has 2 aromatic carbocycles. The maximum atomic E-state index is 13.8. The SMILES string of the molecule is Cn1ccc(C(N)c2ccc(F)c3ccccc23)n1. The molecule has 3 nitrogen and oxygen atoms in total. The number of nitrogens with zero attached hydrogens (tertiary/aromatic N) is 2. The molecule has 0 aliphatic carbocycles. The lowest BCUT2D eigenvalue weighted by Gasteiger charge is -2.13. The van der Waals surface area contributed by atoms with Gasteiger partial charge in [0, 0.05) is 18.6 Å². The van der Waals surface area contributed by atoms with Crippen molar-refractivity contribution in [1.29, 1.82) is 0 Å². The largest absolute Gasteiger partial charge is 0.319 e. The van der Waals surface area contributed by atoms with Gasteiger partial charge in [-0.3, -0.25) is 4.68 Å². The molecule has 3 rings (SSSR count). The van der Waals surface area contributed by atoms with Gasteiger partial charge in [0.05, 0.1) is 11.7 Å². The molecule has 2 N–H and O–H groups in total. The quantitative estimate of drug-likeness (QED) is 0.765. The third-order valence-corrected chi connectivity index (χ3v) is 3.29. The fraction of sp³-hybridized carbons (Fsp3) is 0.133. The second-order valence-electron chi connectivity index (χ2n) is 4.57. The van der Waals surface area contributed by atoms with E-state index in [9.17, 15) is 4.39 Å². The number of halogens is 1. The molecule has 96 valence electrons. The van der Waals surface area contributed by atoms with Crippen molar-refractivity contribution < 1.29 is 4.39 Å². The van der Waals surface area contributed by atoms with Gasteiger partial charge in [-0.1, -0.05) is 30.3 Å². The van der Waals surface area contributed by atoms with Crippen molar-refractivity contribution in [2.45, 2.75) is 6.04 Å². The fourth-order valence-corrected chi connectivity index (χ4v) is 2.32. The standard InChI is InChI=1S/C15H14FN3/c1-19-9-8-14(18-19)15(17)12-6-7-13(16)11-5-3-2-4-10(11)12/h2-9,15H,17H2,1H3. The molecule has 4 heteroatoms. The third-order valence-electron chi connectivity index (χ3n) is 3.29. The number of aryl methyl sites for hydroxylation is 1. The van der Waals surface area contributed by atoms with Crippen LogP contribution in [0.3, 0.4) is 0 Å². The summed E-state index contributed by atoms with van der Waals surface area (Å²) in [5, 5.41) is 5.74. The van der Waals surface area contributed by atoms with Crippen LogP contribution in [0.2, 0.25) is 0 Å². The Balaban J connectivity index is 2.18. The zero-order valence-corrected chi connectivity index (χ0v) is 10.5. The summed E-state index contributed by atoms with van der Waals surface area (Å²) in [5.41, 5.74) is 7.91. The zero-order chi connectivity index (χ0) is 13.4. The zero-order valence-electron chi connectivity index (χ0n) is 10.5. The van der Waals surface area contributed by atoms with E-state index in [1.165, 1.54) is 6.07 Å². The first kappa shape index (κ1) is 11.9. The van der Waals surface area contributed by atoms with Crippen LogP contribution in [0.5, 0.6) is 0 Å². The molecule has 0 radical (unpaired) electrons. The molecule has 1 atom stereocenters. The number of aromatic nitrogens is 2. The molecular formula is C15H14FN3. The summed E-state index contributed by atoms with van der Waals surface area (Å²) in [5.74, 6) is -0.229. The second kappa shape index (κ2) is 4.48. The van der Waals surface area contributed by atoms with Crippen LogP contribution < -0.4 is 5.73 Å². The van der Waals surface area contributed by atoms with Crippen molar-refractivity contribution in [3.8, 4) is 0 Å². The highest BCUT2D eigenvalue weighted by Crippen LogP contribution is 2.28. The van der Waals surface area contributed by atoms with Crippen LogP contribution in [0.25, 0.3) is 10.8 Å². The molecule has 0 saturated carbocycles. The Morgan fingerprint density at radius 1 is 1.11 bits per heavy atom. The molecular weight excluding hydrogens is 241 g/mol. The van der Waals surface area contributed by atoms with Crippen LogP contribution in [0.15, 0.2) is 48.7 Å². The van der Waals surface area contributed by atoms with Gasteiger partial charge in [-0.15, -0.1) is 0 Å². The Morgan fingerprint density at radius 2 is 1.84 bits per heavy atom. The highest BCUT2D eigenvalue weighted by Gasteiger charge is 2.15. The Morgan fingerprint density at radius 3 is 2.53 bits per heavy atom. The molecule has 0 spiro atoms. The third kappa shape index (κ3) is 2.00. The first-order valence-electron chi connectivity index (χ1n) is 6.09. The van der Waals surface area contributed by atoms with E-state index in [1.54, 1.807) is 16.8 Å². The van der Waals surface area contributed by atoms with Crippen LogP contribution in [0.1, 0.15) is 17.3 Å². The molecule has 0 bridgehead atoms. The van der Waals surface area contributed by atoms with Gasteiger partial charge >= 0.3 is 0 Å². The van der Waals surface area contributed by atoms with E-state index in [-0.39, 0.29) is 11.9 Å². The smallest absolute Gasteiger partial charge is 0.131 e. The van der Waals surface area contributed by atoms with Crippen molar-refractivity contribution in [1.82, 2.24) is 9.78 Å². The van der Waals surface area contributed by atoms with Gasteiger partial charge in [-0.25, -0.2) is 4.39 Å². The lowest BCUT2D eigenvalue weighted by Crippen LogP contribution is -2.13. The highest BCUT2D eigenvalue weighted by atomic mass is 19.1. The molecule has 0 saturated heterocycles. The molecule has 19 heavy (non-hydrogen) atoms. The number of benzene rings is 2. The Hall–Kier alpha value is -2.20. The number of hydrogen-bond donors (Lipinski definition) is 1. The van der Waals surface area contributed by atoms with Crippen molar-refractivity contribution in [2.24, 2.45) is 12.8 Å². The number of rotatable bonds is 2. The van der Waals surface area contributed by atoms with E-state index in [0.717, 1.165) is 16.6 Å². The topological polar surface area (TPSA) is 43.8 Å². The van der Waals surface area contributed by atoms with E-state index in [1.807, 2.05) is 37.5 Å². The van der Waals surface area contributed by atoms with Crippen molar-refractivity contribution in [3.63, 3.8) is 0 Å². The minimum Gasteiger partial charge on any atom is -0.319 e. The molecule has 3 aromatic rings.